The Morgan fingerprint density at radius 3 is 0.756 bits per heavy atom. The number of hydrogen-bond donors (Lipinski definition) is 0. The van der Waals surface area contributed by atoms with Crippen LogP contribution in [0.5, 0.6) is 0 Å². The highest BCUT2D eigenvalue weighted by Crippen LogP contribution is 2.14. The van der Waals surface area contributed by atoms with E-state index >= 15 is 0 Å². The van der Waals surface area contributed by atoms with E-state index in [0.29, 0.717) is 19.3 Å². The van der Waals surface area contributed by atoms with Crippen LogP contribution < -0.4 is 0 Å². The van der Waals surface area contributed by atoms with Crippen molar-refractivity contribution in [1.82, 2.24) is 0 Å². The van der Waals surface area contributed by atoms with Crippen LogP contribution in [0.1, 0.15) is 271 Å². The second kappa shape index (κ2) is 68.3. The molecule has 1 atom stereocenters. The van der Waals surface area contributed by atoms with Crippen LogP contribution in [0.15, 0.2) is 170 Å². The van der Waals surface area contributed by atoms with Crippen molar-refractivity contribution in [3.63, 3.8) is 0 Å². The zero-order chi connectivity index (χ0) is 59.2. The van der Waals surface area contributed by atoms with Crippen molar-refractivity contribution >= 4 is 17.9 Å². The molecule has 0 aliphatic rings. The van der Waals surface area contributed by atoms with Gasteiger partial charge >= 0.3 is 17.9 Å². The van der Waals surface area contributed by atoms with Gasteiger partial charge in [0.15, 0.2) is 6.10 Å². The number of hydrogen-bond acceptors (Lipinski definition) is 6. The van der Waals surface area contributed by atoms with E-state index in [4.69, 9.17) is 14.2 Å². The Balaban J connectivity index is 4.47. The molecule has 6 heteroatoms. The molecule has 0 aromatic rings. The highest BCUT2D eigenvalue weighted by atomic mass is 16.6. The molecule has 0 aliphatic heterocycles. The minimum absolute atomic E-state index is 0.110. The largest absolute Gasteiger partial charge is 0.462 e. The normalized spacial score (nSPS) is 13.3. The molecule has 1 unspecified atom stereocenters. The van der Waals surface area contributed by atoms with E-state index in [-0.39, 0.29) is 37.5 Å². The molecule has 6 nitrogen and oxygen atoms in total. The summed E-state index contributed by atoms with van der Waals surface area (Å²) < 4.78 is 16.9. The SMILES string of the molecule is CC/C=C\C/C=C\C/C=C\C/C=C\C/C=C\C/C=C\C/C=C\CCCCCCCCCC(=O)OCC(COC(=O)CCCCCCC/C=C\C/C=C\CCCCCC)OC(=O)CCCCC/C=C\C/C=C\C/C=C\C/C=C\C/C=C\CC. The molecule has 82 heavy (non-hydrogen) atoms. The smallest absolute Gasteiger partial charge is 0.306 e. The number of allylic oxidation sites excluding steroid dienone is 28. The van der Waals surface area contributed by atoms with Crippen molar-refractivity contribution in [1.29, 1.82) is 0 Å². The zero-order valence-corrected chi connectivity index (χ0v) is 52.7. The standard InChI is InChI=1S/C76H120O6/c1-4-7-10-13-16-19-22-25-28-31-33-34-35-36-37-38-39-40-41-42-44-45-48-51-54-57-60-63-66-69-75(78)81-72-73(71-80-74(77)68-65-62-59-56-53-50-47-30-27-24-21-18-15-12-9-6-3)82-76(79)70-67-64-61-58-55-52-49-46-43-32-29-26-23-20-17-14-11-8-5-2/h7-8,10-11,16-17,19-21,24-26,28-30,33-34,36-37,39-40,42-44,46-47,52,55,73H,4-6,9,12-15,18,22-23,27,31-32,35,38,41,45,48-51,53-54,56-72H2,1-3H3/b10-7-,11-8-,19-16-,20-17-,24-21-,28-25-,29-26-,34-33-,37-36-,40-39-,44-42-,46-43-,47-30-,55-52-. The van der Waals surface area contributed by atoms with Crippen LogP contribution in [0.2, 0.25) is 0 Å². The van der Waals surface area contributed by atoms with E-state index in [1.165, 1.54) is 57.8 Å². The molecule has 0 heterocycles. The summed E-state index contributed by atoms with van der Waals surface area (Å²) >= 11 is 0. The average molecular weight is 1130 g/mol. The highest BCUT2D eigenvalue weighted by Gasteiger charge is 2.19. The third-order valence-corrected chi connectivity index (χ3v) is 13.4. The number of unbranched alkanes of at least 4 members (excludes halogenated alkanes) is 19. The predicted octanol–water partition coefficient (Wildman–Crippen LogP) is 23.0. The van der Waals surface area contributed by atoms with E-state index in [0.717, 1.165) is 167 Å². The molecular weight excluding hydrogens is 1010 g/mol. The molecule has 0 saturated carbocycles. The van der Waals surface area contributed by atoms with E-state index < -0.39 is 6.10 Å². The summed E-state index contributed by atoms with van der Waals surface area (Å²) in [6.45, 7) is 6.34. The van der Waals surface area contributed by atoms with Crippen molar-refractivity contribution in [3.8, 4) is 0 Å². The first-order chi connectivity index (χ1) is 40.5. The first kappa shape index (κ1) is 76.8. The zero-order valence-electron chi connectivity index (χ0n) is 52.7. The Labute approximate surface area is 504 Å². The van der Waals surface area contributed by atoms with Gasteiger partial charge in [-0.25, -0.2) is 0 Å². The Morgan fingerprint density at radius 1 is 0.256 bits per heavy atom. The number of carbonyl (C=O) groups excluding carboxylic acids is 3. The lowest BCUT2D eigenvalue weighted by Gasteiger charge is -2.18. The Bertz CT molecular complexity index is 1870. The van der Waals surface area contributed by atoms with Crippen molar-refractivity contribution in [2.75, 3.05) is 13.2 Å². The predicted molar refractivity (Wildman–Crippen MR) is 357 cm³/mol. The van der Waals surface area contributed by atoms with Gasteiger partial charge in [0.05, 0.1) is 0 Å². The summed E-state index contributed by atoms with van der Waals surface area (Å²) in [5.74, 6) is -0.969. The maximum Gasteiger partial charge on any atom is 0.306 e. The highest BCUT2D eigenvalue weighted by molar-refractivity contribution is 5.71. The molecule has 0 rings (SSSR count). The molecule has 0 aromatic carbocycles. The number of rotatable bonds is 58. The molecular formula is C76H120O6. The first-order valence-electron chi connectivity index (χ1n) is 33.1. The van der Waals surface area contributed by atoms with Gasteiger partial charge in [0, 0.05) is 19.3 Å². The van der Waals surface area contributed by atoms with Crippen LogP contribution in [-0.4, -0.2) is 37.2 Å². The van der Waals surface area contributed by atoms with Gasteiger partial charge in [-0.05, 0) is 154 Å². The third kappa shape index (κ3) is 65.6. The molecule has 0 saturated heterocycles. The van der Waals surface area contributed by atoms with Crippen LogP contribution in [0.25, 0.3) is 0 Å². The fourth-order valence-electron chi connectivity index (χ4n) is 8.54. The van der Waals surface area contributed by atoms with Crippen molar-refractivity contribution < 1.29 is 28.6 Å². The maximum absolute atomic E-state index is 12.9. The molecule has 460 valence electrons. The Kier molecular flexibility index (Phi) is 63.9. The monoisotopic (exact) mass is 1130 g/mol. The fourth-order valence-corrected chi connectivity index (χ4v) is 8.54. The number of carbonyl (C=O) groups is 3. The van der Waals surface area contributed by atoms with Crippen molar-refractivity contribution in [3.05, 3.63) is 170 Å². The first-order valence-corrected chi connectivity index (χ1v) is 33.1. The van der Waals surface area contributed by atoms with E-state index in [1.54, 1.807) is 0 Å². The second-order valence-corrected chi connectivity index (χ2v) is 21.3. The van der Waals surface area contributed by atoms with Gasteiger partial charge in [-0.2, -0.15) is 0 Å². The van der Waals surface area contributed by atoms with Crippen molar-refractivity contribution in [2.45, 2.75) is 277 Å². The van der Waals surface area contributed by atoms with Gasteiger partial charge in [-0.3, -0.25) is 14.4 Å². The second-order valence-electron chi connectivity index (χ2n) is 21.3. The summed E-state index contributed by atoms with van der Waals surface area (Å²) in [6, 6.07) is 0. The molecule has 0 spiro atoms. The molecule has 0 N–H and O–H groups in total. The average Bonchev–Trinajstić information content (AvgIpc) is 3.47. The summed E-state index contributed by atoms with van der Waals surface area (Å²) in [7, 11) is 0. The summed E-state index contributed by atoms with van der Waals surface area (Å²) in [5.41, 5.74) is 0. The van der Waals surface area contributed by atoms with Gasteiger partial charge in [-0.1, -0.05) is 268 Å². The van der Waals surface area contributed by atoms with Crippen LogP contribution in [-0.2, 0) is 28.6 Å². The summed E-state index contributed by atoms with van der Waals surface area (Å²) in [5, 5.41) is 0. The topological polar surface area (TPSA) is 78.9 Å². The van der Waals surface area contributed by atoms with Crippen molar-refractivity contribution in [2.24, 2.45) is 0 Å². The molecule has 0 aromatic heterocycles. The molecule has 0 fully saturated rings. The quantitative estimate of drug-likeness (QED) is 0.0261. The Morgan fingerprint density at radius 2 is 0.476 bits per heavy atom. The Hall–Kier alpha value is -5.23. The molecule has 0 radical (unpaired) electrons. The molecule has 0 amide bonds. The lowest BCUT2D eigenvalue weighted by atomic mass is 10.1. The van der Waals surface area contributed by atoms with Gasteiger partial charge in [0.25, 0.3) is 0 Å². The van der Waals surface area contributed by atoms with Crippen LogP contribution in [0.4, 0.5) is 0 Å². The van der Waals surface area contributed by atoms with Gasteiger partial charge in [-0.15, -0.1) is 0 Å². The van der Waals surface area contributed by atoms with Crippen LogP contribution >= 0.6 is 0 Å². The minimum Gasteiger partial charge on any atom is -0.462 e. The molecule has 0 bridgehead atoms. The van der Waals surface area contributed by atoms with Gasteiger partial charge < -0.3 is 14.2 Å². The fraction of sp³-hybridized carbons (Fsp3) is 0.592. The van der Waals surface area contributed by atoms with E-state index in [2.05, 4.69) is 191 Å². The van der Waals surface area contributed by atoms with E-state index in [1.807, 2.05) is 0 Å². The number of esters is 3. The molecule has 0 aliphatic carbocycles. The summed E-state index contributed by atoms with van der Waals surface area (Å²) in [6.07, 6.45) is 101. The van der Waals surface area contributed by atoms with Gasteiger partial charge in [0.2, 0.25) is 0 Å². The van der Waals surface area contributed by atoms with Gasteiger partial charge in [0.1, 0.15) is 13.2 Å². The number of ether oxygens (including phenoxy) is 3. The lowest BCUT2D eigenvalue weighted by molar-refractivity contribution is -0.167. The van der Waals surface area contributed by atoms with E-state index in [9.17, 15) is 14.4 Å². The van der Waals surface area contributed by atoms with Crippen LogP contribution in [0.3, 0.4) is 0 Å². The van der Waals surface area contributed by atoms with Crippen LogP contribution in [0, 0.1) is 0 Å². The lowest BCUT2D eigenvalue weighted by Crippen LogP contribution is -2.30. The minimum atomic E-state index is -0.817. The maximum atomic E-state index is 12.9. The third-order valence-electron chi connectivity index (χ3n) is 13.4. The summed E-state index contributed by atoms with van der Waals surface area (Å²) in [4.78, 5) is 38.4.